The van der Waals surface area contributed by atoms with Crippen molar-refractivity contribution in [2.45, 2.75) is 18.9 Å². The van der Waals surface area contributed by atoms with Crippen molar-refractivity contribution in [1.29, 1.82) is 0 Å². The lowest BCUT2D eigenvalue weighted by molar-refractivity contribution is -0.116. The number of aliphatic hydroxyl groups is 2. The summed E-state index contributed by atoms with van der Waals surface area (Å²) in [5.74, 6) is 1.09. The summed E-state index contributed by atoms with van der Waals surface area (Å²) in [6, 6.07) is 4.92. The Bertz CT molecular complexity index is 446. The predicted octanol–water partition coefficient (Wildman–Crippen LogP) is 1.73. The normalized spacial score (nSPS) is 12.2. The Morgan fingerprint density at radius 2 is 2.25 bits per heavy atom. The molecule has 1 atom stereocenters. The summed E-state index contributed by atoms with van der Waals surface area (Å²) in [4.78, 5) is 11.7. The van der Waals surface area contributed by atoms with Gasteiger partial charge in [-0.25, -0.2) is 0 Å². The smallest absolute Gasteiger partial charge is 0.224 e. The largest absolute Gasteiger partial charge is 0.397 e. The Hall–Kier alpha value is -0.950. The fourth-order valence-electron chi connectivity index (χ4n) is 1.46. The first-order chi connectivity index (χ1) is 9.52. The number of halogens is 1. The highest BCUT2D eigenvalue weighted by Gasteiger charge is 2.06. The molecule has 112 valence electrons. The third-order valence-corrected chi connectivity index (χ3v) is 3.94. The van der Waals surface area contributed by atoms with Gasteiger partial charge in [-0.1, -0.05) is 11.6 Å². The van der Waals surface area contributed by atoms with Crippen LogP contribution in [-0.4, -0.2) is 40.3 Å². The minimum atomic E-state index is -0.694. The highest BCUT2D eigenvalue weighted by molar-refractivity contribution is 7.99. The summed E-state index contributed by atoms with van der Waals surface area (Å²) >= 11 is 7.34. The molecule has 5 N–H and O–H groups in total. The van der Waals surface area contributed by atoms with Crippen molar-refractivity contribution in [2.75, 3.05) is 29.2 Å². The predicted molar refractivity (Wildman–Crippen MR) is 84.1 cm³/mol. The van der Waals surface area contributed by atoms with Crippen LogP contribution in [0, 0.1) is 0 Å². The van der Waals surface area contributed by atoms with Crippen LogP contribution in [0.3, 0.4) is 0 Å². The summed E-state index contributed by atoms with van der Waals surface area (Å²) < 4.78 is 0. The number of thioether (sulfide) groups is 1. The zero-order valence-electron chi connectivity index (χ0n) is 11.0. The fourth-order valence-corrected chi connectivity index (χ4v) is 2.52. The minimum Gasteiger partial charge on any atom is -0.397 e. The van der Waals surface area contributed by atoms with Gasteiger partial charge in [0.1, 0.15) is 0 Å². The van der Waals surface area contributed by atoms with Gasteiger partial charge in [0.15, 0.2) is 0 Å². The highest BCUT2D eigenvalue weighted by Crippen LogP contribution is 2.23. The summed E-state index contributed by atoms with van der Waals surface area (Å²) in [6.45, 7) is -0.235. The van der Waals surface area contributed by atoms with E-state index in [0.29, 0.717) is 35.0 Å². The van der Waals surface area contributed by atoms with Gasteiger partial charge >= 0.3 is 0 Å². The second-order valence-electron chi connectivity index (χ2n) is 4.29. The Morgan fingerprint density at radius 3 is 2.95 bits per heavy atom. The molecule has 0 bridgehead atoms. The van der Waals surface area contributed by atoms with E-state index < -0.39 is 6.10 Å². The number of benzene rings is 1. The Kier molecular flexibility index (Phi) is 7.76. The molecule has 0 aliphatic carbocycles. The summed E-state index contributed by atoms with van der Waals surface area (Å²) in [5, 5.41) is 21.0. The van der Waals surface area contributed by atoms with Crippen molar-refractivity contribution in [1.82, 2.24) is 0 Å². The van der Waals surface area contributed by atoms with E-state index in [1.54, 1.807) is 18.2 Å². The zero-order chi connectivity index (χ0) is 15.0. The van der Waals surface area contributed by atoms with Crippen molar-refractivity contribution in [3.63, 3.8) is 0 Å². The number of carbonyl (C=O) groups is 1. The first kappa shape index (κ1) is 17.1. The van der Waals surface area contributed by atoms with Crippen LogP contribution >= 0.6 is 23.4 Å². The van der Waals surface area contributed by atoms with Crippen molar-refractivity contribution < 1.29 is 15.0 Å². The number of aliphatic hydroxyl groups excluding tert-OH is 2. The van der Waals surface area contributed by atoms with Crippen LogP contribution in [0.5, 0.6) is 0 Å². The van der Waals surface area contributed by atoms with Crippen LogP contribution in [0.2, 0.25) is 5.02 Å². The van der Waals surface area contributed by atoms with E-state index >= 15 is 0 Å². The molecule has 1 aromatic rings. The Morgan fingerprint density at radius 1 is 1.50 bits per heavy atom. The summed E-state index contributed by atoms with van der Waals surface area (Å²) in [7, 11) is 0. The molecule has 1 rings (SSSR count). The molecule has 0 fully saturated rings. The molecule has 0 aromatic heterocycles. The molecule has 0 saturated heterocycles. The molecule has 0 aliphatic heterocycles. The molecule has 0 saturated carbocycles. The molecular formula is C13H19ClN2O3S. The maximum atomic E-state index is 11.7. The molecule has 5 nitrogen and oxygen atoms in total. The highest BCUT2D eigenvalue weighted by atomic mass is 35.5. The van der Waals surface area contributed by atoms with Crippen LogP contribution in [0.1, 0.15) is 12.8 Å². The van der Waals surface area contributed by atoms with Gasteiger partial charge in [-0.15, -0.1) is 0 Å². The average molecular weight is 319 g/mol. The lowest BCUT2D eigenvalue weighted by atomic mass is 10.2. The number of nitrogen functional groups attached to an aromatic ring is 1. The lowest BCUT2D eigenvalue weighted by Gasteiger charge is -2.09. The van der Waals surface area contributed by atoms with Crippen molar-refractivity contribution >= 4 is 40.6 Å². The second-order valence-corrected chi connectivity index (χ2v) is 5.88. The van der Waals surface area contributed by atoms with Gasteiger partial charge in [0.05, 0.1) is 24.1 Å². The quantitative estimate of drug-likeness (QED) is 0.432. The molecular weight excluding hydrogens is 300 g/mol. The van der Waals surface area contributed by atoms with E-state index in [2.05, 4.69) is 5.32 Å². The third kappa shape index (κ3) is 6.47. The van der Waals surface area contributed by atoms with Gasteiger partial charge < -0.3 is 21.3 Å². The minimum absolute atomic E-state index is 0.123. The van der Waals surface area contributed by atoms with Gasteiger partial charge in [0.25, 0.3) is 0 Å². The molecule has 0 aliphatic rings. The van der Waals surface area contributed by atoms with Crippen molar-refractivity contribution in [2.24, 2.45) is 0 Å². The van der Waals surface area contributed by atoms with E-state index in [9.17, 15) is 4.79 Å². The topological polar surface area (TPSA) is 95.6 Å². The van der Waals surface area contributed by atoms with Gasteiger partial charge in [0.2, 0.25) is 5.91 Å². The first-order valence-corrected chi connectivity index (χ1v) is 7.77. The number of amides is 1. The van der Waals surface area contributed by atoms with Crippen LogP contribution < -0.4 is 11.1 Å². The molecule has 1 amide bonds. The third-order valence-electron chi connectivity index (χ3n) is 2.50. The van der Waals surface area contributed by atoms with E-state index in [4.69, 9.17) is 27.5 Å². The molecule has 20 heavy (non-hydrogen) atoms. The molecule has 1 aromatic carbocycles. The number of anilines is 2. The fraction of sp³-hybridized carbons (Fsp3) is 0.462. The van der Waals surface area contributed by atoms with E-state index in [-0.39, 0.29) is 12.5 Å². The number of carbonyl (C=O) groups excluding carboxylic acids is 1. The van der Waals surface area contributed by atoms with Gasteiger partial charge in [-0.05, 0) is 30.4 Å². The van der Waals surface area contributed by atoms with Crippen molar-refractivity contribution in [3.8, 4) is 0 Å². The van der Waals surface area contributed by atoms with Gasteiger partial charge in [0, 0.05) is 17.2 Å². The van der Waals surface area contributed by atoms with E-state index in [1.807, 2.05) is 0 Å². The first-order valence-electron chi connectivity index (χ1n) is 6.24. The van der Waals surface area contributed by atoms with Crippen LogP contribution in [0.4, 0.5) is 11.4 Å². The molecule has 0 spiro atoms. The lowest BCUT2D eigenvalue weighted by Crippen LogP contribution is -2.15. The molecule has 1 unspecified atom stereocenters. The second kappa shape index (κ2) is 9.07. The monoisotopic (exact) mass is 318 g/mol. The van der Waals surface area contributed by atoms with Gasteiger partial charge in [-0.3, -0.25) is 4.79 Å². The van der Waals surface area contributed by atoms with E-state index in [1.165, 1.54) is 11.8 Å². The maximum absolute atomic E-state index is 11.7. The van der Waals surface area contributed by atoms with Crippen LogP contribution in [-0.2, 0) is 4.79 Å². The molecule has 0 heterocycles. The summed E-state index contributed by atoms with van der Waals surface area (Å²) in [5.41, 5.74) is 6.73. The number of rotatable bonds is 8. The van der Waals surface area contributed by atoms with Crippen LogP contribution in [0.15, 0.2) is 18.2 Å². The SMILES string of the molecule is Nc1ccc(Cl)cc1NC(=O)CCCSCC(O)CO. The summed E-state index contributed by atoms with van der Waals surface area (Å²) in [6.07, 6.45) is 0.364. The standard InChI is InChI=1S/C13H19ClN2O3S/c14-9-3-4-11(15)12(6-9)16-13(19)2-1-5-20-8-10(18)7-17/h3-4,6,10,17-18H,1-2,5,7-8,15H2,(H,16,19). The number of hydrogen-bond acceptors (Lipinski definition) is 5. The zero-order valence-corrected chi connectivity index (χ0v) is 12.6. The number of nitrogens with one attached hydrogen (secondary N) is 1. The number of hydrogen-bond donors (Lipinski definition) is 4. The number of nitrogens with two attached hydrogens (primary N) is 1. The Balaban J connectivity index is 2.25. The van der Waals surface area contributed by atoms with Crippen LogP contribution in [0.25, 0.3) is 0 Å². The Labute approximate surface area is 127 Å². The molecule has 7 heteroatoms. The maximum Gasteiger partial charge on any atom is 0.224 e. The molecule has 0 radical (unpaired) electrons. The average Bonchev–Trinajstić information content (AvgIpc) is 2.42. The van der Waals surface area contributed by atoms with E-state index in [0.717, 1.165) is 5.75 Å². The van der Waals surface area contributed by atoms with Crippen molar-refractivity contribution in [3.05, 3.63) is 23.2 Å². The van der Waals surface area contributed by atoms with Gasteiger partial charge in [-0.2, -0.15) is 11.8 Å².